The lowest BCUT2D eigenvalue weighted by atomic mass is 10.0. The minimum atomic E-state index is -0.413. The van der Waals surface area contributed by atoms with E-state index in [1.165, 1.54) is 31.4 Å². The molecule has 4 heteroatoms. The zero-order valence-corrected chi connectivity index (χ0v) is 12.9. The number of rotatable bonds is 4. The van der Waals surface area contributed by atoms with Crippen molar-refractivity contribution in [1.82, 2.24) is 5.32 Å². The Bertz CT molecular complexity index is 450. The molecule has 1 aromatic carbocycles. The van der Waals surface area contributed by atoms with Crippen LogP contribution in [0.25, 0.3) is 0 Å². The molecule has 106 valence electrons. The van der Waals surface area contributed by atoms with E-state index < -0.39 is 5.82 Å². The Kier molecular flexibility index (Phi) is 5.10. The second-order valence-electron chi connectivity index (χ2n) is 5.70. The fourth-order valence-electron chi connectivity index (χ4n) is 2.83. The minimum Gasteiger partial charge on any atom is -0.310 e. The highest BCUT2D eigenvalue weighted by molar-refractivity contribution is 6.35. The van der Waals surface area contributed by atoms with Crippen LogP contribution in [0.4, 0.5) is 4.39 Å². The Labute approximate surface area is 124 Å². The normalized spacial score (nSPS) is 24.7. The van der Waals surface area contributed by atoms with E-state index in [1.54, 1.807) is 0 Å². The summed E-state index contributed by atoms with van der Waals surface area (Å²) >= 11 is 11.8. The maximum Gasteiger partial charge on any atom is 0.142 e. The molecule has 0 aliphatic heterocycles. The molecular weight excluding hydrogens is 284 g/mol. The van der Waals surface area contributed by atoms with Gasteiger partial charge in [0.1, 0.15) is 5.82 Å². The Morgan fingerprint density at radius 2 is 2.05 bits per heavy atom. The summed E-state index contributed by atoms with van der Waals surface area (Å²) in [6.07, 6.45) is 3.88. The van der Waals surface area contributed by atoms with E-state index in [9.17, 15) is 4.39 Å². The van der Waals surface area contributed by atoms with Gasteiger partial charge < -0.3 is 5.32 Å². The maximum atomic E-state index is 13.5. The number of hydrogen-bond donors (Lipinski definition) is 1. The van der Waals surface area contributed by atoms with E-state index in [1.807, 2.05) is 6.92 Å². The van der Waals surface area contributed by atoms with Crippen LogP contribution in [0, 0.1) is 17.7 Å². The molecule has 3 unspecified atom stereocenters. The molecule has 0 spiro atoms. The van der Waals surface area contributed by atoms with Crippen LogP contribution in [0.2, 0.25) is 10.0 Å². The van der Waals surface area contributed by atoms with Gasteiger partial charge in [-0.05, 0) is 55.8 Å². The van der Waals surface area contributed by atoms with E-state index in [4.69, 9.17) is 23.2 Å². The zero-order chi connectivity index (χ0) is 14.0. The largest absolute Gasteiger partial charge is 0.310 e. The van der Waals surface area contributed by atoms with Gasteiger partial charge >= 0.3 is 0 Å². The highest BCUT2D eigenvalue weighted by Crippen LogP contribution is 2.31. The Morgan fingerprint density at radius 1 is 1.32 bits per heavy atom. The van der Waals surface area contributed by atoms with Crippen LogP contribution in [-0.2, 0) is 0 Å². The van der Waals surface area contributed by atoms with Crippen LogP contribution < -0.4 is 5.32 Å². The molecule has 1 nitrogen and oxygen atoms in total. The average Bonchev–Trinajstić information content (AvgIpc) is 2.77. The predicted octanol–water partition coefficient (Wildman–Crippen LogP) is 5.22. The van der Waals surface area contributed by atoms with Crippen molar-refractivity contribution in [1.29, 1.82) is 0 Å². The van der Waals surface area contributed by atoms with E-state index in [0.29, 0.717) is 5.02 Å². The Morgan fingerprint density at radius 3 is 2.68 bits per heavy atom. The first-order valence-electron chi connectivity index (χ1n) is 6.85. The van der Waals surface area contributed by atoms with Crippen molar-refractivity contribution in [3.05, 3.63) is 33.6 Å². The predicted molar refractivity (Wildman–Crippen MR) is 79.3 cm³/mol. The third-order valence-electron chi connectivity index (χ3n) is 4.02. The quantitative estimate of drug-likeness (QED) is 0.752. The van der Waals surface area contributed by atoms with Gasteiger partial charge in [-0.3, -0.25) is 0 Å². The smallest absolute Gasteiger partial charge is 0.142 e. The molecule has 0 bridgehead atoms. The summed E-state index contributed by atoms with van der Waals surface area (Å²) in [6, 6.07) is 2.94. The topological polar surface area (TPSA) is 12.0 Å². The molecule has 1 aliphatic rings. The zero-order valence-electron chi connectivity index (χ0n) is 11.3. The third kappa shape index (κ3) is 3.84. The average molecular weight is 304 g/mol. The summed E-state index contributed by atoms with van der Waals surface area (Å²) < 4.78 is 13.5. The van der Waals surface area contributed by atoms with Crippen molar-refractivity contribution in [2.45, 2.75) is 39.2 Å². The third-order valence-corrected chi connectivity index (χ3v) is 4.64. The molecule has 19 heavy (non-hydrogen) atoms. The van der Waals surface area contributed by atoms with Crippen molar-refractivity contribution in [2.75, 3.05) is 6.54 Å². The van der Waals surface area contributed by atoms with Gasteiger partial charge in [0.15, 0.2) is 0 Å². The van der Waals surface area contributed by atoms with Crippen LogP contribution >= 0.6 is 23.2 Å². The number of benzene rings is 1. The van der Waals surface area contributed by atoms with Gasteiger partial charge in [0.2, 0.25) is 0 Å². The Balaban J connectivity index is 1.96. The van der Waals surface area contributed by atoms with E-state index in [0.717, 1.165) is 23.9 Å². The van der Waals surface area contributed by atoms with Crippen LogP contribution in [0.15, 0.2) is 12.1 Å². The van der Waals surface area contributed by atoms with Crippen molar-refractivity contribution in [3.63, 3.8) is 0 Å². The number of nitrogens with one attached hydrogen (secondary N) is 1. The van der Waals surface area contributed by atoms with Gasteiger partial charge in [0, 0.05) is 11.1 Å². The van der Waals surface area contributed by atoms with Gasteiger partial charge in [0.05, 0.1) is 5.02 Å². The van der Waals surface area contributed by atoms with Crippen molar-refractivity contribution < 1.29 is 4.39 Å². The first-order chi connectivity index (χ1) is 8.97. The lowest BCUT2D eigenvalue weighted by Crippen LogP contribution is -2.25. The van der Waals surface area contributed by atoms with E-state index >= 15 is 0 Å². The first-order valence-corrected chi connectivity index (χ1v) is 7.60. The van der Waals surface area contributed by atoms with Gasteiger partial charge in [0.25, 0.3) is 0 Å². The molecule has 0 heterocycles. The van der Waals surface area contributed by atoms with Crippen LogP contribution in [0.3, 0.4) is 0 Å². The molecule has 0 aromatic heterocycles. The van der Waals surface area contributed by atoms with Gasteiger partial charge in [-0.1, -0.05) is 36.5 Å². The number of halogens is 3. The fraction of sp³-hybridized carbons (Fsp3) is 0.600. The number of hydrogen-bond acceptors (Lipinski definition) is 1. The monoisotopic (exact) mass is 303 g/mol. The van der Waals surface area contributed by atoms with E-state index in [2.05, 4.69) is 12.2 Å². The molecule has 0 radical (unpaired) electrons. The van der Waals surface area contributed by atoms with Crippen LogP contribution in [0.1, 0.15) is 44.7 Å². The summed E-state index contributed by atoms with van der Waals surface area (Å²) in [7, 11) is 0. The van der Waals surface area contributed by atoms with Gasteiger partial charge in [-0.2, -0.15) is 0 Å². The lowest BCUT2D eigenvalue weighted by molar-refractivity contribution is 0.439. The second kappa shape index (κ2) is 6.43. The molecule has 1 N–H and O–H groups in total. The summed E-state index contributed by atoms with van der Waals surface area (Å²) in [4.78, 5) is 0. The van der Waals surface area contributed by atoms with Crippen molar-refractivity contribution >= 4 is 23.2 Å². The summed E-state index contributed by atoms with van der Waals surface area (Å²) in [5.41, 5.74) is 0.773. The highest BCUT2D eigenvalue weighted by atomic mass is 35.5. The molecule has 1 saturated carbocycles. The van der Waals surface area contributed by atoms with Crippen LogP contribution in [-0.4, -0.2) is 6.54 Å². The lowest BCUT2D eigenvalue weighted by Gasteiger charge is -2.19. The molecule has 3 atom stereocenters. The summed E-state index contributed by atoms with van der Waals surface area (Å²) in [5, 5.41) is 4.05. The van der Waals surface area contributed by atoms with Crippen LogP contribution in [0.5, 0.6) is 0 Å². The molecule has 1 fully saturated rings. The van der Waals surface area contributed by atoms with Gasteiger partial charge in [-0.25, -0.2) is 4.39 Å². The molecule has 0 amide bonds. The van der Waals surface area contributed by atoms with Gasteiger partial charge in [-0.15, -0.1) is 0 Å². The van der Waals surface area contributed by atoms with Crippen molar-refractivity contribution in [3.8, 4) is 0 Å². The van der Waals surface area contributed by atoms with Crippen molar-refractivity contribution in [2.24, 2.45) is 11.8 Å². The molecular formula is C15H20Cl2FN. The standard InChI is InChI=1S/C15H20Cl2FN/c1-9-3-4-11(5-9)8-19-10(2)12-6-15(18)14(17)7-13(12)16/h6-7,9-11,19H,3-5,8H2,1-2H3. The summed E-state index contributed by atoms with van der Waals surface area (Å²) in [6.45, 7) is 5.27. The molecule has 2 rings (SSSR count). The molecule has 1 aliphatic carbocycles. The second-order valence-corrected chi connectivity index (χ2v) is 6.52. The van der Waals surface area contributed by atoms with E-state index in [-0.39, 0.29) is 11.1 Å². The summed E-state index contributed by atoms with van der Waals surface area (Å²) in [5.74, 6) is 1.15. The SMILES string of the molecule is CC1CCC(CNC(C)c2cc(F)c(Cl)cc2Cl)C1. The fourth-order valence-corrected chi connectivity index (χ4v) is 3.38. The Hall–Kier alpha value is -0.310. The maximum absolute atomic E-state index is 13.5. The minimum absolute atomic E-state index is 0.0372. The highest BCUT2D eigenvalue weighted by Gasteiger charge is 2.22. The first kappa shape index (κ1) is 15.1. The molecule has 1 aromatic rings. The molecule has 0 saturated heterocycles.